The Kier molecular flexibility index (Phi) is 4.05. The molecule has 1 heterocycles. The molecule has 2 aliphatic carbocycles. The van der Waals surface area contributed by atoms with Gasteiger partial charge in [0.05, 0.1) is 5.69 Å². The lowest BCUT2D eigenvalue weighted by Crippen LogP contribution is -2.37. The number of aromatic nitrogens is 2. The van der Waals surface area contributed by atoms with Crippen molar-refractivity contribution in [2.45, 2.75) is 44.2 Å². The third kappa shape index (κ3) is 2.91. The van der Waals surface area contributed by atoms with Crippen LogP contribution in [0.4, 0.5) is 23.4 Å². The van der Waals surface area contributed by atoms with Crippen molar-refractivity contribution in [2.75, 3.05) is 5.32 Å². The van der Waals surface area contributed by atoms with Crippen molar-refractivity contribution in [1.29, 1.82) is 0 Å². The zero-order valence-electron chi connectivity index (χ0n) is 14.7. The smallest absolute Gasteiger partial charge is 0.310 e. The Morgan fingerprint density at radius 2 is 2.00 bits per heavy atom. The van der Waals surface area contributed by atoms with E-state index in [-0.39, 0.29) is 24.6 Å². The summed E-state index contributed by atoms with van der Waals surface area (Å²) in [4.78, 5) is 12.4. The van der Waals surface area contributed by atoms with E-state index in [0.29, 0.717) is 16.8 Å². The van der Waals surface area contributed by atoms with Crippen molar-refractivity contribution in [3.63, 3.8) is 0 Å². The largest absolute Gasteiger partial charge is 0.403 e. The number of amides is 1. The maximum Gasteiger partial charge on any atom is 0.403 e. The van der Waals surface area contributed by atoms with Crippen LogP contribution >= 0.6 is 0 Å². The fraction of sp³-hybridized carbons (Fsp3) is 0.474. The van der Waals surface area contributed by atoms with E-state index in [4.69, 9.17) is 0 Å². The van der Waals surface area contributed by atoms with Crippen molar-refractivity contribution in [3.8, 4) is 11.3 Å². The number of hydrogen-bond donors (Lipinski definition) is 1. The van der Waals surface area contributed by atoms with E-state index in [2.05, 4.69) is 10.4 Å². The van der Waals surface area contributed by atoms with Crippen molar-refractivity contribution in [1.82, 2.24) is 9.78 Å². The van der Waals surface area contributed by atoms with E-state index in [0.717, 1.165) is 19.3 Å². The molecule has 8 heteroatoms. The SMILES string of the molecule is Cn1nc(-c2cccc(F)c2)c(C2CCC2)c1NC(=O)C1(C(F)(F)F)CC1. The molecule has 0 aliphatic heterocycles. The maximum absolute atomic E-state index is 13.7. The van der Waals surface area contributed by atoms with E-state index in [1.807, 2.05) is 0 Å². The minimum atomic E-state index is -4.57. The third-order valence-corrected chi connectivity index (χ3v) is 5.65. The van der Waals surface area contributed by atoms with Gasteiger partial charge >= 0.3 is 6.18 Å². The number of hydrogen-bond acceptors (Lipinski definition) is 2. The van der Waals surface area contributed by atoms with Crippen LogP contribution < -0.4 is 5.32 Å². The van der Waals surface area contributed by atoms with E-state index >= 15 is 0 Å². The molecule has 4 nitrogen and oxygen atoms in total. The lowest BCUT2D eigenvalue weighted by atomic mass is 9.79. The monoisotopic (exact) mass is 381 g/mol. The van der Waals surface area contributed by atoms with Gasteiger partial charge in [-0.1, -0.05) is 18.6 Å². The van der Waals surface area contributed by atoms with Gasteiger partial charge in [-0.25, -0.2) is 4.39 Å². The Balaban J connectivity index is 1.74. The van der Waals surface area contributed by atoms with Crippen LogP contribution in [0, 0.1) is 11.2 Å². The molecule has 1 aromatic carbocycles. The molecule has 1 aromatic heterocycles. The van der Waals surface area contributed by atoms with Crippen LogP contribution in [0.25, 0.3) is 11.3 Å². The number of carbonyl (C=O) groups excluding carboxylic acids is 1. The first kappa shape index (κ1) is 18.0. The zero-order valence-corrected chi connectivity index (χ0v) is 14.7. The van der Waals surface area contributed by atoms with Crippen molar-refractivity contribution < 1.29 is 22.4 Å². The molecular formula is C19H19F4N3O. The van der Waals surface area contributed by atoms with Crippen LogP contribution in [0.3, 0.4) is 0 Å². The normalized spacial score (nSPS) is 18.9. The Bertz CT molecular complexity index is 895. The first-order valence-electron chi connectivity index (χ1n) is 8.94. The number of anilines is 1. The van der Waals surface area contributed by atoms with E-state index in [9.17, 15) is 22.4 Å². The molecule has 0 saturated heterocycles. The Hall–Kier alpha value is -2.38. The molecule has 2 fully saturated rings. The summed E-state index contributed by atoms with van der Waals surface area (Å²) in [6, 6.07) is 5.93. The quantitative estimate of drug-likeness (QED) is 0.775. The number of aryl methyl sites for hydroxylation is 1. The highest BCUT2D eigenvalue weighted by atomic mass is 19.4. The number of carbonyl (C=O) groups is 1. The lowest BCUT2D eigenvalue weighted by Gasteiger charge is -2.27. The number of nitrogens with zero attached hydrogens (tertiary/aromatic N) is 2. The van der Waals surface area contributed by atoms with Gasteiger partial charge in [0.25, 0.3) is 0 Å². The third-order valence-electron chi connectivity index (χ3n) is 5.65. The van der Waals surface area contributed by atoms with Gasteiger partial charge in [-0.2, -0.15) is 18.3 Å². The Morgan fingerprint density at radius 3 is 2.52 bits per heavy atom. The molecular weight excluding hydrogens is 362 g/mol. The molecule has 1 amide bonds. The van der Waals surface area contributed by atoms with Crippen LogP contribution in [-0.2, 0) is 11.8 Å². The highest BCUT2D eigenvalue weighted by Crippen LogP contribution is 2.58. The second-order valence-electron chi connectivity index (χ2n) is 7.41. The second kappa shape index (κ2) is 6.07. The minimum absolute atomic E-state index is 0.0910. The summed E-state index contributed by atoms with van der Waals surface area (Å²) < 4.78 is 54.9. The lowest BCUT2D eigenvalue weighted by molar-refractivity contribution is -0.189. The van der Waals surface area contributed by atoms with Crippen LogP contribution in [-0.4, -0.2) is 21.9 Å². The molecule has 0 atom stereocenters. The van der Waals surface area contributed by atoms with Gasteiger partial charge < -0.3 is 5.32 Å². The molecule has 27 heavy (non-hydrogen) atoms. The predicted octanol–water partition coefficient (Wildman–Crippen LogP) is 4.77. The standard InChI is InChI=1S/C19H19F4N3O/c1-26-16(24-17(27)18(8-9-18)19(21,22)23)14(11-4-2-5-11)15(25-26)12-6-3-7-13(20)10-12/h3,6-7,10-11H,2,4-5,8-9H2,1H3,(H,24,27). The highest BCUT2D eigenvalue weighted by molar-refractivity contribution is 5.98. The summed E-state index contributed by atoms with van der Waals surface area (Å²) in [6.45, 7) is 0. The topological polar surface area (TPSA) is 46.9 Å². The molecule has 0 unspecified atom stereocenters. The van der Waals surface area contributed by atoms with Gasteiger partial charge in [-0.3, -0.25) is 9.48 Å². The van der Waals surface area contributed by atoms with Crippen molar-refractivity contribution in [3.05, 3.63) is 35.6 Å². The number of halogens is 4. The number of benzene rings is 1. The van der Waals surface area contributed by atoms with Gasteiger partial charge in [-0.05, 0) is 43.7 Å². The van der Waals surface area contributed by atoms with E-state index < -0.39 is 23.3 Å². The average Bonchev–Trinajstić information content (AvgIpc) is 3.30. The highest BCUT2D eigenvalue weighted by Gasteiger charge is 2.68. The van der Waals surface area contributed by atoms with Crippen LogP contribution in [0.15, 0.2) is 24.3 Å². The summed E-state index contributed by atoms with van der Waals surface area (Å²) in [5.74, 6) is -1.09. The fourth-order valence-corrected chi connectivity index (χ4v) is 3.61. The first-order valence-corrected chi connectivity index (χ1v) is 8.94. The van der Waals surface area contributed by atoms with Crippen LogP contribution in [0.1, 0.15) is 43.6 Å². The van der Waals surface area contributed by atoms with E-state index in [1.54, 1.807) is 19.2 Å². The molecule has 2 aromatic rings. The van der Waals surface area contributed by atoms with Crippen molar-refractivity contribution in [2.24, 2.45) is 12.5 Å². The Morgan fingerprint density at radius 1 is 1.30 bits per heavy atom. The molecule has 2 aliphatic rings. The summed E-state index contributed by atoms with van der Waals surface area (Å²) in [6.07, 6.45) is -2.24. The maximum atomic E-state index is 13.7. The van der Waals surface area contributed by atoms with Gasteiger partial charge in [0.15, 0.2) is 0 Å². The molecule has 0 spiro atoms. The van der Waals surface area contributed by atoms with E-state index in [1.165, 1.54) is 16.8 Å². The summed E-state index contributed by atoms with van der Waals surface area (Å²) in [5, 5.41) is 6.89. The molecule has 144 valence electrons. The molecule has 0 bridgehead atoms. The molecule has 1 N–H and O–H groups in total. The fourth-order valence-electron chi connectivity index (χ4n) is 3.61. The summed E-state index contributed by atoms with van der Waals surface area (Å²) >= 11 is 0. The van der Waals surface area contributed by atoms with Crippen molar-refractivity contribution >= 4 is 11.7 Å². The number of alkyl halides is 3. The number of nitrogens with one attached hydrogen (secondary N) is 1. The summed E-state index contributed by atoms with van der Waals surface area (Å²) in [5.41, 5.74) is -0.549. The molecule has 2 saturated carbocycles. The minimum Gasteiger partial charge on any atom is -0.310 e. The van der Waals surface area contributed by atoms with Gasteiger partial charge in [0.2, 0.25) is 5.91 Å². The number of rotatable bonds is 4. The Labute approximate surface area is 153 Å². The molecule has 4 rings (SSSR count). The van der Waals surface area contributed by atoms with Gasteiger partial charge in [0.1, 0.15) is 17.1 Å². The predicted molar refractivity (Wildman–Crippen MR) is 91.5 cm³/mol. The van der Waals surface area contributed by atoms with Crippen LogP contribution in [0.2, 0.25) is 0 Å². The van der Waals surface area contributed by atoms with Crippen LogP contribution in [0.5, 0.6) is 0 Å². The zero-order chi connectivity index (χ0) is 19.4. The average molecular weight is 381 g/mol. The van der Waals surface area contributed by atoms with Gasteiger partial charge in [-0.15, -0.1) is 0 Å². The summed E-state index contributed by atoms with van der Waals surface area (Å²) in [7, 11) is 1.58. The molecule has 0 radical (unpaired) electrons. The van der Waals surface area contributed by atoms with Gasteiger partial charge in [0, 0.05) is 18.2 Å². The second-order valence-corrected chi connectivity index (χ2v) is 7.41. The first-order chi connectivity index (χ1) is 12.7.